The molecule has 1 aromatic heterocycles. The first-order valence-corrected chi connectivity index (χ1v) is 7.64. The van der Waals surface area contributed by atoms with Crippen molar-refractivity contribution < 1.29 is 4.79 Å². The summed E-state index contributed by atoms with van der Waals surface area (Å²) in [5.74, 6) is 0.986. The number of amides is 1. The van der Waals surface area contributed by atoms with E-state index in [9.17, 15) is 4.79 Å². The summed E-state index contributed by atoms with van der Waals surface area (Å²) in [7, 11) is 0. The quantitative estimate of drug-likeness (QED) is 0.787. The van der Waals surface area contributed by atoms with Crippen molar-refractivity contribution in [3.05, 3.63) is 22.4 Å². The number of likely N-dealkylation sites (tertiary alicyclic amines) is 1. The van der Waals surface area contributed by atoms with Gasteiger partial charge in [-0.25, -0.2) is 0 Å². The van der Waals surface area contributed by atoms with Crippen LogP contribution in [0.1, 0.15) is 23.8 Å². The summed E-state index contributed by atoms with van der Waals surface area (Å²) in [6.45, 7) is 0.856. The van der Waals surface area contributed by atoms with E-state index in [0.717, 1.165) is 19.4 Å². The number of nitriles is 1. The molecule has 2 rings (SSSR count). The second kappa shape index (κ2) is 6.08. The first-order valence-electron chi connectivity index (χ1n) is 5.60. The maximum absolute atomic E-state index is 12.0. The molecule has 1 aliphatic rings. The number of carbonyl (C=O) groups excluding carboxylic acids is 1. The summed E-state index contributed by atoms with van der Waals surface area (Å²) < 4.78 is 0. The molecule has 1 saturated heterocycles. The Morgan fingerprint density at radius 3 is 3.29 bits per heavy atom. The fourth-order valence-corrected chi connectivity index (χ4v) is 3.52. The third-order valence-corrected chi connectivity index (χ3v) is 4.59. The number of rotatable bonds is 4. The van der Waals surface area contributed by atoms with E-state index in [0.29, 0.717) is 11.5 Å². The SMILES string of the molecule is N#CCSCC(=O)N1CCCC1c1cccs1. The molecule has 0 aromatic carbocycles. The standard InChI is InChI=1S/C12H14N2OS2/c13-5-8-16-9-12(15)14-6-1-3-10(14)11-4-2-7-17-11/h2,4,7,10H,1,3,6,8-9H2. The van der Waals surface area contributed by atoms with Crippen LogP contribution in [0.3, 0.4) is 0 Å². The van der Waals surface area contributed by atoms with Crippen molar-refractivity contribution in [2.24, 2.45) is 0 Å². The summed E-state index contributed by atoms with van der Waals surface area (Å²) in [4.78, 5) is 15.3. The van der Waals surface area contributed by atoms with Crippen LogP contribution in [-0.4, -0.2) is 28.9 Å². The second-order valence-corrected chi connectivity index (χ2v) is 5.88. The monoisotopic (exact) mass is 266 g/mol. The average molecular weight is 266 g/mol. The highest BCUT2D eigenvalue weighted by molar-refractivity contribution is 8.00. The van der Waals surface area contributed by atoms with Crippen LogP contribution in [0.2, 0.25) is 0 Å². The first kappa shape index (κ1) is 12.5. The molecule has 5 heteroatoms. The lowest BCUT2D eigenvalue weighted by molar-refractivity contribution is -0.129. The zero-order chi connectivity index (χ0) is 12.1. The van der Waals surface area contributed by atoms with Gasteiger partial charge in [0.25, 0.3) is 0 Å². The third-order valence-electron chi connectivity index (χ3n) is 2.84. The second-order valence-electron chi connectivity index (χ2n) is 3.91. The Hall–Kier alpha value is -0.990. The number of thiophene rings is 1. The van der Waals surface area contributed by atoms with Crippen molar-refractivity contribution in [2.75, 3.05) is 18.1 Å². The Kier molecular flexibility index (Phi) is 4.46. The molecule has 90 valence electrons. The molecule has 0 radical (unpaired) electrons. The molecule has 0 saturated carbocycles. The minimum absolute atomic E-state index is 0.168. The Morgan fingerprint density at radius 1 is 1.71 bits per heavy atom. The molecule has 1 atom stereocenters. The Morgan fingerprint density at radius 2 is 2.59 bits per heavy atom. The maximum atomic E-state index is 12.0. The highest BCUT2D eigenvalue weighted by Crippen LogP contribution is 2.34. The molecule has 17 heavy (non-hydrogen) atoms. The Bertz CT molecular complexity index is 411. The van der Waals surface area contributed by atoms with Gasteiger partial charge in [0.15, 0.2) is 0 Å². The molecular formula is C12H14N2OS2. The summed E-state index contributed by atoms with van der Waals surface area (Å²) in [6.07, 6.45) is 2.15. The third kappa shape index (κ3) is 3.02. The maximum Gasteiger partial charge on any atom is 0.233 e. The number of hydrogen-bond acceptors (Lipinski definition) is 4. The molecule has 1 aromatic rings. The zero-order valence-corrected chi connectivity index (χ0v) is 11.1. The van der Waals surface area contributed by atoms with Gasteiger partial charge >= 0.3 is 0 Å². The van der Waals surface area contributed by atoms with Crippen LogP contribution in [-0.2, 0) is 4.79 Å². The molecule has 3 nitrogen and oxygen atoms in total. The fourth-order valence-electron chi connectivity index (χ4n) is 2.11. The van der Waals surface area contributed by atoms with Gasteiger partial charge < -0.3 is 4.90 Å². The smallest absolute Gasteiger partial charge is 0.233 e. The van der Waals surface area contributed by atoms with Gasteiger partial charge in [0.1, 0.15) is 0 Å². The first-order chi connectivity index (χ1) is 8.33. The van der Waals surface area contributed by atoms with E-state index in [4.69, 9.17) is 5.26 Å². The molecule has 0 aliphatic carbocycles. The lowest BCUT2D eigenvalue weighted by atomic mass is 10.2. The molecule has 2 heterocycles. The lowest BCUT2D eigenvalue weighted by Crippen LogP contribution is -2.31. The van der Waals surface area contributed by atoms with Crippen molar-refractivity contribution in [1.29, 1.82) is 5.26 Å². The summed E-state index contributed by atoms with van der Waals surface area (Å²) in [5, 5.41) is 10.5. The summed E-state index contributed by atoms with van der Waals surface area (Å²) in [6, 6.07) is 6.45. The van der Waals surface area contributed by atoms with Crippen molar-refractivity contribution in [2.45, 2.75) is 18.9 Å². The summed E-state index contributed by atoms with van der Waals surface area (Å²) >= 11 is 3.12. The van der Waals surface area contributed by atoms with E-state index >= 15 is 0 Å². The van der Waals surface area contributed by atoms with Crippen molar-refractivity contribution in [3.63, 3.8) is 0 Å². The van der Waals surface area contributed by atoms with E-state index < -0.39 is 0 Å². The van der Waals surface area contributed by atoms with E-state index in [1.54, 1.807) is 11.3 Å². The topological polar surface area (TPSA) is 44.1 Å². The predicted molar refractivity (Wildman–Crippen MR) is 70.9 cm³/mol. The fraction of sp³-hybridized carbons (Fsp3) is 0.500. The van der Waals surface area contributed by atoms with Crippen molar-refractivity contribution in [3.8, 4) is 6.07 Å². The van der Waals surface area contributed by atoms with E-state index in [-0.39, 0.29) is 11.9 Å². The van der Waals surface area contributed by atoms with Crippen molar-refractivity contribution in [1.82, 2.24) is 4.90 Å². The highest BCUT2D eigenvalue weighted by atomic mass is 32.2. The Labute approximate surface area is 109 Å². The number of thioether (sulfide) groups is 1. The molecule has 0 N–H and O–H groups in total. The van der Waals surface area contributed by atoms with Gasteiger partial charge in [0, 0.05) is 11.4 Å². The van der Waals surface area contributed by atoms with Gasteiger partial charge in [-0.2, -0.15) is 5.26 Å². The van der Waals surface area contributed by atoms with Crippen LogP contribution in [0.4, 0.5) is 0 Å². The van der Waals surface area contributed by atoms with Crippen LogP contribution in [0, 0.1) is 11.3 Å². The van der Waals surface area contributed by atoms with Gasteiger partial charge in [0.05, 0.1) is 23.6 Å². The van der Waals surface area contributed by atoms with E-state index in [1.165, 1.54) is 16.6 Å². The number of carbonyl (C=O) groups is 1. The molecule has 0 spiro atoms. The van der Waals surface area contributed by atoms with Crippen LogP contribution in [0.25, 0.3) is 0 Å². The van der Waals surface area contributed by atoms with Gasteiger partial charge in [-0.1, -0.05) is 6.07 Å². The number of nitrogens with zero attached hydrogens (tertiary/aromatic N) is 2. The average Bonchev–Trinajstić information content (AvgIpc) is 2.99. The van der Waals surface area contributed by atoms with E-state index in [1.807, 2.05) is 17.0 Å². The van der Waals surface area contributed by atoms with Gasteiger partial charge in [-0.05, 0) is 24.3 Å². The molecule has 0 bridgehead atoms. The summed E-state index contributed by atoms with van der Waals surface area (Å²) in [5.41, 5.74) is 0. The minimum atomic E-state index is 0.168. The van der Waals surface area contributed by atoms with Gasteiger partial charge in [-0.15, -0.1) is 23.1 Å². The molecular weight excluding hydrogens is 252 g/mol. The van der Waals surface area contributed by atoms with Gasteiger partial charge in [-0.3, -0.25) is 4.79 Å². The van der Waals surface area contributed by atoms with Crippen LogP contribution >= 0.6 is 23.1 Å². The number of hydrogen-bond donors (Lipinski definition) is 0. The van der Waals surface area contributed by atoms with Gasteiger partial charge in [0.2, 0.25) is 5.91 Å². The van der Waals surface area contributed by atoms with E-state index in [2.05, 4.69) is 11.4 Å². The van der Waals surface area contributed by atoms with Crippen LogP contribution < -0.4 is 0 Å². The zero-order valence-electron chi connectivity index (χ0n) is 9.46. The van der Waals surface area contributed by atoms with Crippen molar-refractivity contribution >= 4 is 29.0 Å². The molecule has 1 unspecified atom stereocenters. The highest BCUT2D eigenvalue weighted by Gasteiger charge is 2.30. The van der Waals surface area contributed by atoms with Crippen LogP contribution in [0.5, 0.6) is 0 Å². The predicted octanol–water partition coefficient (Wildman–Crippen LogP) is 2.67. The lowest BCUT2D eigenvalue weighted by Gasteiger charge is -2.23. The molecule has 1 fully saturated rings. The molecule has 1 amide bonds. The minimum Gasteiger partial charge on any atom is -0.334 e. The van der Waals surface area contributed by atoms with Crippen LogP contribution in [0.15, 0.2) is 17.5 Å². The Balaban J connectivity index is 1.95. The largest absolute Gasteiger partial charge is 0.334 e. The normalized spacial score (nSPS) is 19.2. The molecule has 1 aliphatic heterocycles.